The molecule has 0 aliphatic heterocycles. The predicted octanol–water partition coefficient (Wildman–Crippen LogP) is 2.94. The van der Waals surface area contributed by atoms with Crippen molar-refractivity contribution in [3.05, 3.63) is 27.7 Å². The van der Waals surface area contributed by atoms with Gasteiger partial charge in [-0.25, -0.2) is 4.39 Å². The third-order valence-corrected chi connectivity index (χ3v) is 2.28. The van der Waals surface area contributed by atoms with Crippen molar-refractivity contribution in [3.63, 3.8) is 0 Å². The van der Waals surface area contributed by atoms with Crippen LogP contribution in [0.3, 0.4) is 0 Å². The van der Waals surface area contributed by atoms with Crippen LogP contribution < -0.4 is 4.74 Å². The van der Waals surface area contributed by atoms with Crippen molar-refractivity contribution in [1.82, 2.24) is 0 Å². The summed E-state index contributed by atoms with van der Waals surface area (Å²) in [4.78, 5) is 11.1. The molecule has 1 aromatic rings. The highest BCUT2D eigenvalue weighted by atomic mass is 79.9. The molecule has 0 aromatic heterocycles. The van der Waals surface area contributed by atoms with Gasteiger partial charge in [-0.15, -0.1) is 0 Å². The molecule has 2 nitrogen and oxygen atoms in total. The second-order valence-corrected chi connectivity index (χ2v) is 3.48. The van der Waals surface area contributed by atoms with Gasteiger partial charge in [0.05, 0.1) is 17.1 Å². The molecule has 0 N–H and O–H groups in total. The van der Waals surface area contributed by atoms with Crippen LogP contribution in [0.5, 0.6) is 5.75 Å². The number of ether oxygens (including phenoxy) is 1. The van der Waals surface area contributed by atoms with Gasteiger partial charge < -0.3 is 4.74 Å². The lowest BCUT2D eigenvalue weighted by atomic mass is 10.1. The van der Waals surface area contributed by atoms with Crippen LogP contribution in [0.15, 0.2) is 10.5 Å². The second kappa shape index (κ2) is 4.04. The zero-order chi connectivity index (χ0) is 10.9. The smallest absolute Gasteiger partial charge is 0.202 e. The summed E-state index contributed by atoms with van der Waals surface area (Å²) in [6.07, 6.45) is 0. The SMILES string of the molecule is COc1c(C(C)=O)cc(Br)c(F)c1F. The normalized spacial score (nSPS) is 10.1. The molecule has 5 heteroatoms. The van der Waals surface area contributed by atoms with E-state index in [-0.39, 0.29) is 21.6 Å². The standard InChI is InChI=1S/C9H7BrF2O2/c1-4(13)5-3-6(10)7(11)8(12)9(5)14-2/h3H,1-2H3. The van der Waals surface area contributed by atoms with Crippen LogP contribution in [-0.2, 0) is 0 Å². The lowest BCUT2D eigenvalue weighted by molar-refractivity contribution is 0.101. The van der Waals surface area contributed by atoms with Gasteiger partial charge in [0.2, 0.25) is 5.82 Å². The predicted molar refractivity (Wildman–Crippen MR) is 50.6 cm³/mol. The molecule has 1 aromatic carbocycles. The van der Waals surface area contributed by atoms with Crippen LogP contribution in [-0.4, -0.2) is 12.9 Å². The Morgan fingerprint density at radius 3 is 2.43 bits per heavy atom. The number of hydrogen-bond donors (Lipinski definition) is 0. The van der Waals surface area contributed by atoms with Gasteiger partial charge >= 0.3 is 0 Å². The van der Waals surface area contributed by atoms with Gasteiger partial charge in [-0.3, -0.25) is 4.79 Å². The van der Waals surface area contributed by atoms with Crippen LogP contribution in [0.1, 0.15) is 17.3 Å². The Kier molecular flexibility index (Phi) is 3.21. The Balaban J connectivity index is 3.51. The number of Topliss-reactive ketones (excluding diaryl/α,β-unsaturated/α-hetero) is 1. The fraction of sp³-hybridized carbons (Fsp3) is 0.222. The van der Waals surface area contributed by atoms with Gasteiger partial charge in [-0.05, 0) is 28.9 Å². The fourth-order valence-electron chi connectivity index (χ4n) is 1.04. The quantitative estimate of drug-likeness (QED) is 0.607. The molecule has 0 atom stereocenters. The molecule has 0 unspecified atom stereocenters. The van der Waals surface area contributed by atoms with E-state index in [0.29, 0.717) is 0 Å². The fourth-order valence-corrected chi connectivity index (χ4v) is 1.44. The third-order valence-electron chi connectivity index (χ3n) is 1.70. The van der Waals surface area contributed by atoms with Crippen molar-refractivity contribution >= 4 is 21.7 Å². The minimum Gasteiger partial charge on any atom is -0.493 e. The van der Waals surface area contributed by atoms with Gasteiger partial charge in [-0.1, -0.05) is 0 Å². The first-order chi connectivity index (χ1) is 6.49. The Hall–Kier alpha value is -0.970. The summed E-state index contributed by atoms with van der Waals surface area (Å²) in [6, 6.07) is 1.19. The van der Waals surface area contributed by atoms with E-state index in [1.165, 1.54) is 20.1 Å². The van der Waals surface area contributed by atoms with Gasteiger partial charge in [0.1, 0.15) is 0 Å². The summed E-state index contributed by atoms with van der Waals surface area (Å²) in [6.45, 7) is 1.25. The number of methoxy groups -OCH3 is 1. The molecule has 14 heavy (non-hydrogen) atoms. The molecular formula is C9H7BrF2O2. The van der Waals surface area contributed by atoms with Crippen molar-refractivity contribution < 1.29 is 18.3 Å². The maximum Gasteiger partial charge on any atom is 0.202 e. The number of benzene rings is 1. The molecule has 0 fully saturated rings. The minimum absolute atomic E-state index is 0.0123. The zero-order valence-corrected chi connectivity index (χ0v) is 9.11. The van der Waals surface area contributed by atoms with Crippen LogP contribution in [0.25, 0.3) is 0 Å². The highest BCUT2D eigenvalue weighted by Crippen LogP contribution is 2.30. The van der Waals surface area contributed by atoms with Gasteiger partial charge in [0, 0.05) is 0 Å². The Labute approximate surface area is 88.0 Å². The first kappa shape index (κ1) is 11.1. The number of hydrogen-bond acceptors (Lipinski definition) is 2. The molecule has 0 radical (unpaired) electrons. The monoisotopic (exact) mass is 264 g/mol. The molecule has 0 heterocycles. The maximum atomic E-state index is 13.2. The van der Waals surface area contributed by atoms with E-state index in [1.807, 2.05) is 0 Å². The topological polar surface area (TPSA) is 26.3 Å². The summed E-state index contributed by atoms with van der Waals surface area (Å²) in [7, 11) is 1.18. The van der Waals surface area contributed by atoms with Crippen molar-refractivity contribution in [2.45, 2.75) is 6.92 Å². The summed E-state index contributed by atoms with van der Waals surface area (Å²) in [5.74, 6) is -2.97. The molecule has 0 aliphatic carbocycles. The van der Waals surface area contributed by atoms with Crippen LogP contribution >= 0.6 is 15.9 Å². The highest BCUT2D eigenvalue weighted by molar-refractivity contribution is 9.10. The van der Waals surface area contributed by atoms with Crippen molar-refractivity contribution in [2.75, 3.05) is 7.11 Å². The van der Waals surface area contributed by atoms with E-state index < -0.39 is 11.6 Å². The Morgan fingerprint density at radius 2 is 2.00 bits per heavy atom. The lowest BCUT2D eigenvalue weighted by Crippen LogP contribution is -2.02. The van der Waals surface area contributed by atoms with E-state index >= 15 is 0 Å². The van der Waals surface area contributed by atoms with Crippen LogP contribution in [0, 0.1) is 11.6 Å². The van der Waals surface area contributed by atoms with Crippen molar-refractivity contribution in [3.8, 4) is 5.75 Å². The van der Waals surface area contributed by atoms with Crippen LogP contribution in [0.2, 0.25) is 0 Å². The zero-order valence-electron chi connectivity index (χ0n) is 7.53. The molecule has 76 valence electrons. The van der Waals surface area contributed by atoms with E-state index in [2.05, 4.69) is 20.7 Å². The van der Waals surface area contributed by atoms with Crippen molar-refractivity contribution in [2.24, 2.45) is 0 Å². The van der Waals surface area contributed by atoms with Crippen molar-refractivity contribution in [1.29, 1.82) is 0 Å². The van der Waals surface area contributed by atoms with E-state index in [9.17, 15) is 13.6 Å². The average molecular weight is 265 g/mol. The van der Waals surface area contributed by atoms with Crippen LogP contribution in [0.4, 0.5) is 8.78 Å². The maximum absolute atomic E-state index is 13.2. The number of carbonyl (C=O) groups excluding carboxylic acids is 1. The lowest BCUT2D eigenvalue weighted by Gasteiger charge is -2.08. The number of ketones is 1. The molecular weight excluding hydrogens is 258 g/mol. The third kappa shape index (κ3) is 1.77. The van der Waals surface area contributed by atoms with Gasteiger partial charge in [0.25, 0.3) is 0 Å². The largest absolute Gasteiger partial charge is 0.493 e. The van der Waals surface area contributed by atoms with E-state index in [4.69, 9.17) is 0 Å². The molecule has 0 aliphatic rings. The summed E-state index contributed by atoms with van der Waals surface area (Å²) < 4.78 is 30.7. The average Bonchev–Trinajstić information content (AvgIpc) is 2.13. The number of rotatable bonds is 2. The van der Waals surface area contributed by atoms with E-state index in [0.717, 1.165) is 0 Å². The molecule has 0 spiro atoms. The first-order valence-electron chi connectivity index (χ1n) is 3.71. The number of carbonyl (C=O) groups is 1. The Bertz CT molecular complexity index is 391. The number of halogens is 3. The summed E-state index contributed by atoms with van der Waals surface area (Å²) in [5.41, 5.74) is 0.0123. The van der Waals surface area contributed by atoms with Gasteiger partial charge in [0.15, 0.2) is 17.3 Å². The molecule has 0 saturated heterocycles. The molecule has 1 rings (SSSR count). The second-order valence-electron chi connectivity index (χ2n) is 2.62. The summed E-state index contributed by atoms with van der Waals surface area (Å²) >= 11 is 2.81. The van der Waals surface area contributed by atoms with Gasteiger partial charge in [-0.2, -0.15) is 4.39 Å². The molecule has 0 bridgehead atoms. The van der Waals surface area contributed by atoms with E-state index in [1.54, 1.807) is 0 Å². The highest BCUT2D eigenvalue weighted by Gasteiger charge is 2.20. The first-order valence-corrected chi connectivity index (χ1v) is 4.50. The Morgan fingerprint density at radius 1 is 1.43 bits per heavy atom. The molecule has 0 saturated carbocycles. The summed E-state index contributed by atoms with van der Waals surface area (Å²) in [5, 5.41) is 0. The minimum atomic E-state index is -1.16. The molecule has 0 amide bonds.